The van der Waals surface area contributed by atoms with Crippen LogP contribution in [0.4, 0.5) is 0 Å². The third-order valence-electron chi connectivity index (χ3n) is 1.82. The van der Waals surface area contributed by atoms with Crippen LogP contribution < -0.4 is 0 Å². The SMILES string of the molecule is O=Cc1ccc(CCCCO)nc1. The summed E-state index contributed by atoms with van der Waals surface area (Å²) in [7, 11) is 0. The van der Waals surface area contributed by atoms with Crippen molar-refractivity contribution in [1.82, 2.24) is 4.98 Å². The van der Waals surface area contributed by atoms with E-state index in [0.29, 0.717) is 5.56 Å². The lowest BCUT2D eigenvalue weighted by Gasteiger charge is -1.98. The van der Waals surface area contributed by atoms with Crippen LogP contribution in [0.25, 0.3) is 0 Å². The smallest absolute Gasteiger partial charge is 0.151 e. The van der Waals surface area contributed by atoms with Crippen molar-refractivity contribution in [2.24, 2.45) is 0 Å². The van der Waals surface area contributed by atoms with Gasteiger partial charge in [-0.05, 0) is 31.4 Å². The Kier molecular flexibility index (Phi) is 4.12. The summed E-state index contributed by atoms with van der Waals surface area (Å²) in [6.07, 6.45) is 4.95. The average molecular weight is 179 g/mol. The summed E-state index contributed by atoms with van der Waals surface area (Å²) < 4.78 is 0. The Labute approximate surface area is 77.4 Å². The average Bonchev–Trinajstić information content (AvgIpc) is 2.19. The van der Waals surface area contributed by atoms with Crippen molar-refractivity contribution in [2.75, 3.05) is 6.61 Å². The van der Waals surface area contributed by atoms with E-state index in [1.807, 2.05) is 6.07 Å². The molecule has 0 aliphatic carbocycles. The molecule has 1 aromatic rings. The highest BCUT2D eigenvalue weighted by Crippen LogP contribution is 2.02. The van der Waals surface area contributed by atoms with Crippen molar-refractivity contribution in [3.05, 3.63) is 29.6 Å². The molecule has 1 heterocycles. The van der Waals surface area contributed by atoms with E-state index in [1.165, 1.54) is 0 Å². The number of unbranched alkanes of at least 4 members (excludes halogenated alkanes) is 1. The molecule has 0 fully saturated rings. The number of pyridine rings is 1. The van der Waals surface area contributed by atoms with Gasteiger partial charge in [0.2, 0.25) is 0 Å². The van der Waals surface area contributed by atoms with Gasteiger partial charge in [0.05, 0.1) is 0 Å². The predicted molar refractivity (Wildman–Crippen MR) is 49.6 cm³/mol. The first-order valence-electron chi connectivity index (χ1n) is 4.38. The first-order chi connectivity index (χ1) is 6.36. The zero-order valence-electron chi connectivity index (χ0n) is 7.44. The molecule has 0 radical (unpaired) electrons. The van der Waals surface area contributed by atoms with E-state index in [4.69, 9.17) is 5.11 Å². The molecule has 1 aromatic heterocycles. The summed E-state index contributed by atoms with van der Waals surface area (Å²) in [5.74, 6) is 0. The molecule has 0 spiro atoms. The molecule has 3 nitrogen and oxygen atoms in total. The minimum atomic E-state index is 0.229. The minimum Gasteiger partial charge on any atom is -0.396 e. The van der Waals surface area contributed by atoms with Crippen molar-refractivity contribution in [3.8, 4) is 0 Å². The Hall–Kier alpha value is -1.22. The summed E-state index contributed by atoms with van der Waals surface area (Å²) in [5, 5.41) is 8.56. The second kappa shape index (κ2) is 5.43. The van der Waals surface area contributed by atoms with Crippen LogP contribution in [-0.4, -0.2) is 23.0 Å². The Morgan fingerprint density at radius 2 is 2.23 bits per heavy atom. The van der Waals surface area contributed by atoms with E-state index < -0.39 is 0 Å². The molecule has 1 N–H and O–H groups in total. The molecular weight excluding hydrogens is 166 g/mol. The van der Waals surface area contributed by atoms with Gasteiger partial charge in [-0.3, -0.25) is 9.78 Å². The van der Waals surface area contributed by atoms with Crippen LogP contribution in [0.3, 0.4) is 0 Å². The maximum absolute atomic E-state index is 10.3. The van der Waals surface area contributed by atoms with Crippen LogP contribution in [0.5, 0.6) is 0 Å². The Morgan fingerprint density at radius 1 is 1.38 bits per heavy atom. The van der Waals surface area contributed by atoms with Crippen molar-refractivity contribution < 1.29 is 9.90 Å². The van der Waals surface area contributed by atoms with E-state index in [9.17, 15) is 4.79 Å². The number of aldehydes is 1. The Balaban J connectivity index is 2.44. The molecule has 0 unspecified atom stereocenters. The van der Waals surface area contributed by atoms with Crippen molar-refractivity contribution in [3.63, 3.8) is 0 Å². The first-order valence-corrected chi connectivity index (χ1v) is 4.38. The van der Waals surface area contributed by atoms with Gasteiger partial charge in [0.15, 0.2) is 6.29 Å². The summed E-state index contributed by atoms with van der Waals surface area (Å²) in [6, 6.07) is 3.61. The standard InChI is InChI=1S/C10H13NO2/c12-6-2-1-3-10-5-4-9(8-13)7-11-10/h4-5,7-8,12H,1-3,6H2. The number of aliphatic hydroxyl groups is 1. The maximum Gasteiger partial charge on any atom is 0.151 e. The molecule has 13 heavy (non-hydrogen) atoms. The van der Waals surface area contributed by atoms with Crippen LogP contribution in [0.15, 0.2) is 18.3 Å². The molecule has 0 saturated heterocycles. The number of nitrogens with zero attached hydrogens (tertiary/aromatic N) is 1. The van der Waals surface area contributed by atoms with Crippen LogP contribution in [-0.2, 0) is 6.42 Å². The highest BCUT2D eigenvalue weighted by Gasteiger charge is 1.95. The number of aryl methyl sites for hydroxylation is 1. The lowest BCUT2D eigenvalue weighted by Crippen LogP contribution is -1.93. The van der Waals surface area contributed by atoms with E-state index in [0.717, 1.165) is 31.2 Å². The largest absolute Gasteiger partial charge is 0.396 e. The van der Waals surface area contributed by atoms with Crippen molar-refractivity contribution >= 4 is 6.29 Å². The molecular formula is C10H13NO2. The summed E-state index contributed by atoms with van der Waals surface area (Å²) >= 11 is 0. The quantitative estimate of drug-likeness (QED) is 0.546. The van der Waals surface area contributed by atoms with E-state index >= 15 is 0 Å². The van der Waals surface area contributed by atoms with Gasteiger partial charge in [0.25, 0.3) is 0 Å². The summed E-state index contributed by atoms with van der Waals surface area (Å²) in [5.41, 5.74) is 1.57. The van der Waals surface area contributed by atoms with E-state index in [1.54, 1.807) is 12.3 Å². The van der Waals surface area contributed by atoms with Crippen LogP contribution in [0, 0.1) is 0 Å². The number of aromatic nitrogens is 1. The van der Waals surface area contributed by atoms with Gasteiger partial charge in [-0.2, -0.15) is 0 Å². The Morgan fingerprint density at radius 3 is 2.77 bits per heavy atom. The molecule has 0 aromatic carbocycles. The van der Waals surface area contributed by atoms with Gasteiger partial charge in [-0.1, -0.05) is 0 Å². The number of carbonyl (C=O) groups excluding carboxylic acids is 1. The first kappa shape index (κ1) is 9.86. The van der Waals surface area contributed by atoms with Gasteiger partial charge in [0.1, 0.15) is 0 Å². The second-order valence-electron chi connectivity index (χ2n) is 2.88. The van der Waals surface area contributed by atoms with Crippen LogP contribution in [0.1, 0.15) is 28.9 Å². The summed E-state index contributed by atoms with van der Waals surface area (Å²) in [4.78, 5) is 14.4. The highest BCUT2D eigenvalue weighted by molar-refractivity contribution is 5.73. The molecule has 0 atom stereocenters. The van der Waals surface area contributed by atoms with Gasteiger partial charge in [0, 0.05) is 24.1 Å². The van der Waals surface area contributed by atoms with Gasteiger partial charge in [-0.25, -0.2) is 0 Å². The number of aliphatic hydroxyl groups excluding tert-OH is 1. The summed E-state index contributed by atoms with van der Waals surface area (Å²) in [6.45, 7) is 0.229. The predicted octanol–water partition coefficient (Wildman–Crippen LogP) is 1.21. The van der Waals surface area contributed by atoms with Gasteiger partial charge >= 0.3 is 0 Å². The fourth-order valence-electron chi connectivity index (χ4n) is 1.07. The Bertz CT molecular complexity index is 256. The molecule has 3 heteroatoms. The zero-order valence-corrected chi connectivity index (χ0v) is 7.44. The van der Waals surface area contributed by atoms with Crippen molar-refractivity contribution in [1.29, 1.82) is 0 Å². The van der Waals surface area contributed by atoms with Crippen molar-refractivity contribution in [2.45, 2.75) is 19.3 Å². The van der Waals surface area contributed by atoms with E-state index in [-0.39, 0.29) is 6.61 Å². The normalized spacial score (nSPS) is 9.92. The maximum atomic E-state index is 10.3. The third-order valence-corrected chi connectivity index (χ3v) is 1.82. The van der Waals surface area contributed by atoms with Gasteiger partial charge in [-0.15, -0.1) is 0 Å². The fraction of sp³-hybridized carbons (Fsp3) is 0.400. The lowest BCUT2D eigenvalue weighted by atomic mass is 10.1. The fourth-order valence-corrected chi connectivity index (χ4v) is 1.07. The molecule has 70 valence electrons. The van der Waals surface area contributed by atoms with E-state index in [2.05, 4.69) is 4.98 Å². The topological polar surface area (TPSA) is 50.2 Å². The van der Waals surface area contributed by atoms with Crippen LogP contribution in [0.2, 0.25) is 0 Å². The van der Waals surface area contributed by atoms with Gasteiger partial charge < -0.3 is 5.11 Å². The number of hydrogen-bond acceptors (Lipinski definition) is 3. The molecule has 0 amide bonds. The molecule has 0 aliphatic rings. The lowest BCUT2D eigenvalue weighted by molar-refractivity contribution is 0.112. The van der Waals surface area contributed by atoms with Crippen LogP contribution >= 0.6 is 0 Å². The number of hydrogen-bond donors (Lipinski definition) is 1. The molecule has 1 rings (SSSR count). The monoisotopic (exact) mass is 179 g/mol. The zero-order chi connectivity index (χ0) is 9.52. The molecule has 0 aliphatic heterocycles. The number of rotatable bonds is 5. The molecule has 0 bridgehead atoms. The third kappa shape index (κ3) is 3.34. The second-order valence-corrected chi connectivity index (χ2v) is 2.88. The highest BCUT2D eigenvalue weighted by atomic mass is 16.2. The number of carbonyl (C=O) groups is 1. The minimum absolute atomic E-state index is 0.229. The molecule has 0 saturated carbocycles.